The average molecular weight is 176 g/mol. The Morgan fingerprint density at radius 3 is 2.42 bits per heavy atom. The third kappa shape index (κ3) is 1.85. The van der Waals surface area contributed by atoms with E-state index in [1.807, 2.05) is 0 Å². The second-order valence-electron chi connectivity index (χ2n) is 3.06. The van der Waals surface area contributed by atoms with Crippen molar-refractivity contribution in [2.45, 2.75) is 18.5 Å². The molecule has 0 aromatic heterocycles. The molecule has 4 nitrogen and oxygen atoms in total. The number of likely N-dealkylation sites (tertiary alicyclic amines) is 1. The molecule has 0 saturated carbocycles. The topological polar surface area (TPSA) is 63.6 Å². The van der Waals surface area contributed by atoms with E-state index >= 15 is 0 Å². The summed E-state index contributed by atoms with van der Waals surface area (Å²) in [5.41, 5.74) is -1.59. The monoisotopic (exact) mass is 176 g/mol. The highest BCUT2D eigenvalue weighted by Crippen LogP contribution is 2.25. The van der Waals surface area contributed by atoms with Crippen LogP contribution in [-0.2, 0) is 0 Å². The maximum atomic E-state index is 13.2. The Morgan fingerprint density at radius 1 is 1.58 bits per heavy atom. The van der Waals surface area contributed by atoms with Gasteiger partial charge in [-0.25, -0.2) is 4.39 Å². The van der Waals surface area contributed by atoms with E-state index in [2.05, 4.69) is 0 Å². The Bertz CT molecular complexity index is 177. The van der Waals surface area contributed by atoms with Crippen molar-refractivity contribution in [3.63, 3.8) is 0 Å². The van der Waals surface area contributed by atoms with Crippen molar-refractivity contribution in [2.75, 3.05) is 19.7 Å². The third-order valence-corrected chi connectivity index (χ3v) is 2.20. The maximum Gasteiger partial charge on any atom is 0.137 e. The van der Waals surface area contributed by atoms with Crippen LogP contribution >= 0.6 is 0 Å². The summed E-state index contributed by atoms with van der Waals surface area (Å²) < 4.78 is 13.2. The Labute approximate surface area is 69.6 Å². The molecule has 1 aliphatic rings. The molecule has 0 aromatic rings. The molecule has 0 unspecified atom stereocenters. The van der Waals surface area contributed by atoms with Crippen molar-refractivity contribution >= 4 is 6.09 Å². The molecule has 1 amide bonds. The summed E-state index contributed by atoms with van der Waals surface area (Å²) in [6.45, 7) is -0.313. The van der Waals surface area contributed by atoms with Gasteiger partial charge in [-0.15, -0.1) is 0 Å². The second kappa shape index (κ2) is 3.26. The molecule has 0 aliphatic carbocycles. The minimum Gasteiger partial charge on any atom is -0.530 e. The van der Waals surface area contributed by atoms with Crippen molar-refractivity contribution in [1.29, 1.82) is 0 Å². The molecule has 1 heterocycles. The van der Waals surface area contributed by atoms with Gasteiger partial charge in [-0.1, -0.05) is 0 Å². The van der Waals surface area contributed by atoms with Crippen LogP contribution in [0.25, 0.3) is 0 Å². The predicted molar refractivity (Wildman–Crippen MR) is 37.1 cm³/mol. The summed E-state index contributed by atoms with van der Waals surface area (Å²) in [6.07, 6.45) is -1.16. The number of amides is 1. The summed E-state index contributed by atoms with van der Waals surface area (Å²) in [5.74, 6) is 0. The van der Waals surface area contributed by atoms with Crippen molar-refractivity contribution in [1.82, 2.24) is 4.90 Å². The Hall–Kier alpha value is -0.840. The summed E-state index contributed by atoms with van der Waals surface area (Å²) in [5, 5.41) is 18.9. The number of alkyl halides is 1. The van der Waals surface area contributed by atoms with Crippen LogP contribution in [0.5, 0.6) is 0 Å². The second-order valence-corrected chi connectivity index (χ2v) is 3.06. The third-order valence-electron chi connectivity index (χ3n) is 2.20. The molecule has 5 heteroatoms. The van der Waals surface area contributed by atoms with Crippen molar-refractivity contribution in [3.05, 3.63) is 0 Å². The first-order valence-corrected chi connectivity index (χ1v) is 3.83. The van der Waals surface area contributed by atoms with Crippen molar-refractivity contribution < 1.29 is 19.4 Å². The number of piperidine rings is 1. The van der Waals surface area contributed by atoms with Crippen LogP contribution in [0, 0.1) is 0 Å². The number of hydrogen-bond acceptors (Lipinski definition) is 3. The van der Waals surface area contributed by atoms with Crippen LogP contribution in [0.1, 0.15) is 12.8 Å². The predicted octanol–water partition coefficient (Wildman–Crippen LogP) is -0.874. The highest BCUT2D eigenvalue weighted by atomic mass is 19.1. The lowest BCUT2D eigenvalue weighted by Crippen LogP contribution is -2.50. The van der Waals surface area contributed by atoms with E-state index in [0.29, 0.717) is 0 Å². The number of carboxylic acid groups (broad SMARTS) is 1. The molecular formula is C7H11FNO3-. The van der Waals surface area contributed by atoms with Crippen LogP contribution in [0.15, 0.2) is 0 Å². The highest BCUT2D eigenvalue weighted by Gasteiger charge is 2.33. The van der Waals surface area contributed by atoms with Gasteiger partial charge < -0.3 is 19.9 Å². The molecule has 0 bridgehead atoms. The van der Waals surface area contributed by atoms with E-state index in [4.69, 9.17) is 5.11 Å². The molecule has 1 aliphatic heterocycles. The quantitative estimate of drug-likeness (QED) is 0.564. The molecule has 70 valence electrons. The largest absolute Gasteiger partial charge is 0.530 e. The first-order chi connectivity index (χ1) is 5.57. The van der Waals surface area contributed by atoms with Gasteiger partial charge in [0, 0.05) is 25.9 Å². The van der Waals surface area contributed by atoms with Gasteiger partial charge in [0.1, 0.15) is 11.8 Å². The van der Waals surface area contributed by atoms with Gasteiger partial charge in [-0.3, -0.25) is 0 Å². The molecule has 0 spiro atoms. The summed E-state index contributed by atoms with van der Waals surface area (Å²) in [6, 6.07) is 0. The molecule has 1 fully saturated rings. The smallest absolute Gasteiger partial charge is 0.137 e. The lowest BCUT2D eigenvalue weighted by atomic mass is 9.95. The SMILES string of the molecule is O=C([O-])N1CCC(F)(CO)CC1. The number of carbonyl (C=O) groups is 1. The fourth-order valence-electron chi connectivity index (χ4n) is 1.25. The standard InChI is InChI=1S/C7H12FNO3/c8-7(5-10)1-3-9(4-2-7)6(11)12/h10H,1-5H2,(H,11,12)/p-1. The Balaban J connectivity index is 2.44. The fourth-order valence-corrected chi connectivity index (χ4v) is 1.25. The zero-order valence-corrected chi connectivity index (χ0v) is 6.62. The number of nitrogens with zero attached hydrogens (tertiary/aromatic N) is 1. The summed E-state index contributed by atoms with van der Waals surface area (Å²) >= 11 is 0. The van der Waals surface area contributed by atoms with Crippen LogP contribution in [0.3, 0.4) is 0 Å². The van der Waals surface area contributed by atoms with Crippen molar-refractivity contribution in [2.24, 2.45) is 0 Å². The molecule has 1 saturated heterocycles. The van der Waals surface area contributed by atoms with E-state index in [0.717, 1.165) is 4.90 Å². The lowest BCUT2D eigenvalue weighted by Gasteiger charge is -2.36. The zero-order chi connectivity index (χ0) is 9.19. The normalized spacial score (nSPS) is 22.3. The van der Waals surface area contributed by atoms with Crippen LogP contribution in [0.2, 0.25) is 0 Å². The minimum atomic E-state index is -1.59. The molecular weight excluding hydrogens is 165 g/mol. The van der Waals surface area contributed by atoms with Crippen molar-refractivity contribution in [3.8, 4) is 0 Å². The fraction of sp³-hybridized carbons (Fsp3) is 0.857. The van der Waals surface area contributed by atoms with Gasteiger partial charge in [0.05, 0.1) is 6.61 Å². The molecule has 0 atom stereocenters. The van der Waals surface area contributed by atoms with E-state index in [9.17, 15) is 14.3 Å². The first kappa shape index (κ1) is 9.25. The van der Waals surface area contributed by atoms with Gasteiger partial charge in [-0.05, 0) is 0 Å². The Morgan fingerprint density at radius 2 is 2.08 bits per heavy atom. The van der Waals surface area contributed by atoms with Crippen LogP contribution in [0.4, 0.5) is 9.18 Å². The van der Waals surface area contributed by atoms with E-state index in [1.54, 1.807) is 0 Å². The molecule has 0 aromatic carbocycles. The number of aliphatic hydroxyl groups excluding tert-OH is 1. The number of hydrogen-bond donors (Lipinski definition) is 1. The number of carbonyl (C=O) groups excluding carboxylic acids is 1. The molecule has 1 rings (SSSR count). The van der Waals surface area contributed by atoms with Gasteiger partial charge >= 0.3 is 0 Å². The maximum absolute atomic E-state index is 13.2. The summed E-state index contributed by atoms with van der Waals surface area (Å²) in [4.78, 5) is 11.3. The zero-order valence-electron chi connectivity index (χ0n) is 6.62. The molecule has 12 heavy (non-hydrogen) atoms. The van der Waals surface area contributed by atoms with Gasteiger partial charge in [0.2, 0.25) is 0 Å². The highest BCUT2D eigenvalue weighted by molar-refractivity contribution is 5.62. The van der Waals surface area contributed by atoms with Gasteiger partial charge in [0.15, 0.2) is 0 Å². The first-order valence-electron chi connectivity index (χ1n) is 3.83. The summed E-state index contributed by atoms with van der Waals surface area (Å²) in [7, 11) is 0. The van der Waals surface area contributed by atoms with Gasteiger partial charge in [0.25, 0.3) is 0 Å². The number of halogens is 1. The average Bonchev–Trinajstić information content (AvgIpc) is 2.05. The van der Waals surface area contributed by atoms with Crippen LogP contribution < -0.4 is 5.11 Å². The van der Waals surface area contributed by atoms with Gasteiger partial charge in [-0.2, -0.15) is 0 Å². The molecule has 1 N–H and O–H groups in total. The lowest BCUT2D eigenvalue weighted by molar-refractivity contribution is -0.267. The van der Waals surface area contributed by atoms with E-state index in [-0.39, 0.29) is 25.9 Å². The Kier molecular flexibility index (Phi) is 2.52. The number of rotatable bonds is 1. The van der Waals surface area contributed by atoms with Crippen LogP contribution in [-0.4, -0.2) is 41.5 Å². The number of aliphatic hydroxyl groups is 1. The van der Waals surface area contributed by atoms with E-state index in [1.165, 1.54) is 0 Å². The molecule has 0 radical (unpaired) electrons. The van der Waals surface area contributed by atoms with E-state index < -0.39 is 18.4 Å². The minimum absolute atomic E-state index is 0.0531.